The van der Waals surface area contributed by atoms with Gasteiger partial charge in [-0.25, -0.2) is 0 Å². The lowest BCUT2D eigenvalue weighted by atomic mass is 10.1. The molecular weight excluding hydrogens is 174 g/mol. The molecule has 0 aliphatic heterocycles. The highest BCUT2D eigenvalue weighted by atomic mass is 16.6. The van der Waals surface area contributed by atoms with Crippen molar-refractivity contribution in [3.05, 3.63) is 33.9 Å². The molecule has 1 rings (SSSR count). The van der Waals surface area contributed by atoms with Crippen LogP contribution < -0.4 is 0 Å². The van der Waals surface area contributed by atoms with E-state index in [-0.39, 0.29) is 17.0 Å². The fraction of sp³-hybridized carbons (Fsp3) is 0.250. The monoisotopic (exact) mass is 183 g/mol. The van der Waals surface area contributed by atoms with Crippen molar-refractivity contribution in [1.82, 2.24) is 0 Å². The first-order valence-electron chi connectivity index (χ1n) is 3.67. The normalized spacial score (nSPS) is 12.5. The SMILES string of the molecule is CC(O)c1cc(O)ccc1[N+](=O)[O-]. The number of nitro groups is 1. The predicted molar refractivity (Wildman–Crippen MR) is 45.4 cm³/mol. The van der Waals surface area contributed by atoms with Gasteiger partial charge in [0.2, 0.25) is 0 Å². The van der Waals surface area contributed by atoms with Gasteiger partial charge in [-0.3, -0.25) is 10.1 Å². The summed E-state index contributed by atoms with van der Waals surface area (Å²) in [6.07, 6.45) is -0.965. The molecule has 0 spiro atoms. The van der Waals surface area contributed by atoms with Crippen LogP contribution in [0.3, 0.4) is 0 Å². The number of aromatic hydroxyl groups is 1. The van der Waals surface area contributed by atoms with Gasteiger partial charge in [-0.05, 0) is 19.1 Å². The van der Waals surface area contributed by atoms with Gasteiger partial charge in [0.05, 0.1) is 16.6 Å². The third-order valence-electron chi connectivity index (χ3n) is 1.66. The summed E-state index contributed by atoms with van der Waals surface area (Å²) in [4.78, 5) is 9.85. The second-order valence-corrected chi connectivity index (χ2v) is 2.68. The van der Waals surface area contributed by atoms with Gasteiger partial charge >= 0.3 is 0 Å². The molecule has 0 aromatic heterocycles. The van der Waals surface area contributed by atoms with E-state index in [9.17, 15) is 10.1 Å². The molecule has 0 heterocycles. The van der Waals surface area contributed by atoms with Gasteiger partial charge in [0.1, 0.15) is 5.75 Å². The van der Waals surface area contributed by atoms with Crippen LogP contribution in [0.25, 0.3) is 0 Å². The van der Waals surface area contributed by atoms with Crippen molar-refractivity contribution in [2.45, 2.75) is 13.0 Å². The zero-order valence-electron chi connectivity index (χ0n) is 6.97. The third-order valence-corrected chi connectivity index (χ3v) is 1.66. The minimum atomic E-state index is -0.965. The fourth-order valence-corrected chi connectivity index (χ4v) is 1.04. The molecule has 70 valence electrons. The Morgan fingerprint density at radius 1 is 1.54 bits per heavy atom. The third kappa shape index (κ3) is 1.94. The van der Waals surface area contributed by atoms with Gasteiger partial charge in [0.25, 0.3) is 5.69 Å². The zero-order chi connectivity index (χ0) is 10.0. The summed E-state index contributed by atoms with van der Waals surface area (Å²) in [6.45, 7) is 1.40. The lowest BCUT2D eigenvalue weighted by molar-refractivity contribution is -0.386. The molecule has 0 fully saturated rings. The van der Waals surface area contributed by atoms with Crippen LogP contribution in [0.4, 0.5) is 5.69 Å². The molecule has 13 heavy (non-hydrogen) atoms. The first-order chi connectivity index (χ1) is 6.02. The average molecular weight is 183 g/mol. The van der Waals surface area contributed by atoms with E-state index in [1.165, 1.54) is 19.1 Å². The highest BCUT2D eigenvalue weighted by molar-refractivity contribution is 5.45. The minimum Gasteiger partial charge on any atom is -0.508 e. The Hall–Kier alpha value is -1.62. The number of nitrogens with zero attached hydrogens (tertiary/aromatic N) is 1. The quantitative estimate of drug-likeness (QED) is 0.535. The number of nitro benzene ring substituents is 1. The van der Waals surface area contributed by atoms with E-state index in [1.54, 1.807) is 0 Å². The van der Waals surface area contributed by atoms with Gasteiger partial charge in [-0.2, -0.15) is 0 Å². The molecule has 5 nitrogen and oxygen atoms in total. The maximum Gasteiger partial charge on any atom is 0.275 e. The van der Waals surface area contributed by atoms with Crippen molar-refractivity contribution in [2.24, 2.45) is 0 Å². The van der Waals surface area contributed by atoms with Gasteiger partial charge < -0.3 is 10.2 Å². The molecule has 5 heteroatoms. The summed E-state index contributed by atoms with van der Waals surface area (Å²) >= 11 is 0. The Morgan fingerprint density at radius 3 is 2.62 bits per heavy atom. The van der Waals surface area contributed by atoms with Crippen LogP contribution in [0.15, 0.2) is 18.2 Å². The molecule has 1 aromatic rings. The number of hydrogen-bond donors (Lipinski definition) is 2. The maximum absolute atomic E-state index is 10.5. The second kappa shape index (κ2) is 3.40. The van der Waals surface area contributed by atoms with Crippen molar-refractivity contribution >= 4 is 5.69 Å². The Labute approximate surface area is 74.4 Å². The van der Waals surface area contributed by atoms with Crippen LogP contribution in [-0.2, 0) is 0 Å². The van der Waals surface area contributed by atoms with Gasteiger partial charge in [-0.15, -0.1) is 0 Å². The van der Waals surface area contributed by atoms with Crippen LogP contribution in [0.2, 0.25) is 0 Å². The summed E-state index contributed by atoms with van der Waals surface area (Å²) in [5.41, 5.74) is -0.0715. The maximum atomic E-state index is 10.5. The smallest absolute Gasteiger partial charge is 0.275 e. The number of aliphatic hydroxyl groups excluding tert-OH is 1. The molecule has 0 bridgehead atoms. The number of phenolic OH excluding ortho intramolecular Hbond substituents is 1. The highest BCUT2D eigenvalue weighted by Crippen LogP contribution is 2.28. The fourth-order valence-electron chi connectivity index (χ4n) is 1.04. The molecule has 0 radical (unpaired) electrons. The van der Waals surface area contributed by atoms with E-state index >= 15 is 0 Å². The molecule has 1 aromatic carbocycles. The standard InChI is InChI=1S/C8H9NO4/c1-5(10)7-4-6(11)2-3-8(7)9(12)13/h2-5,10-11H,1H3. The van der Waals surface area contributed by atoms with Crippen molar-refractivity contribution in [1.29, 1.82) is 0 Å². The molecule has 0 aliphatic carbocycles. The van der Waals surface area contributed by atoms with Gasteiger partial charge in [0.15, 0.2) is 0 Å². The molecular formula is C8H9NO4. The van der Waals surface area contributed by atoms with Crippen molar-refractivity contribution < 1.29 is 15.1 Å². The summed E-state index contributed by atoms with van der Waals surface area (Å²) in [6, 6.07) is 3.56. The van der Waals surface area contributed by atoms with Crippen molar-refractivity contribution in [3.8, 4) is 5.75 Å². The lowest BCUT2D eigenvalue weighted by Gasteiger charge is -2.05. The van der Waals surface area contributed by atoms with E-state index in [0.717, 1.165) is 6.07 Å². The van der Waals surface area contributed by atoms with Crippen LogP contribution in [0.1, 0.15) is 18.6 Å². The van der Waals surface area contributed by atoms with Gasteiger partial charge in [-0.1, -0.05) is 0 Å². The predicted octanol–water partition coefficient (Wildman–Crippen LogP) is 1.35. The van der Waals surface area contributed by atoms with E-state index in [2.05, 4.69) is 0 Å². The molecule has 1 unspecified atom stereocenters. The lowest BCUT2D eigenvalue weighted by Crippen LogP contribution is -1.98. The minimum absolute atomic E-state index is 0.0958. The van der Waals surface area contributed by atoms with E-state index in [4.69, 9.17) is 10.2 Å². The molecule has 0 saturated carbocycles. The molecule has 0 saturated heterocycles. The topological polar surface area (TPSA) is 83.6 Å². The summed E-state index contributed by atoms with van der Waals surface area (Å²) in [5, 5.41) is 28.6. The van der Waals surface area contributed by atoms with Crippen LogP contribution in [0, 0.1) is 10.1 Å². The second-order valence-electron chi connectivity index (χ2n) is 2.68. The molecule has 0 amide bonds. The Bertz CT molecular complexity index is 335. The summed E-state index contributed by atoms with van der Waals surface area (Å²) in [5.74, 6) is -0.0958. The highest BCUT2D eigenvalue weighted by Gasteiger charge is 2.17. The van der Waals surface area contributed by atoms with E-state index < -0.39 is 11.0 Å². The largest absolute Gasteiger partial charge is 0.508 e. The van der Waals surface area contributed by atoms with E-state index in [0.29, 0.717) is 0 Å². The molecule has 0 aliphatic rings. The molecule has 1 atom stereocenters. The molecule has 2 N–H and O–H groups in total. The average Bonchev–Trinajstić information content (AvgIpc) is 2.03. The van der Waals surface area contributed by atoms with Crippen molar-refractivity contribution in [2.75, 3.05) is 0 Å². The van der Waals surface area contributed by atoms with Gasteiger partial charge in [0, 0.05) is 6.07 Å². The summed E-state index contributed by atoms with van der Waals surface area (Å²) < 4.78 is 0. The first-order valence-corrected chi connectivity index (χ1v) is 3.67. The first kappa shape index (κ1) is 9.47. The number of rotatable bonds is 2. The zero-order valence-corrected chi connectivity index (χ0v) is 6.97. The number of hydrogen-bond acceptors (Lipinski definition) is 4. The number of benzene rings is 1. The Morgan fingerprint density at radius 2 is 2.15 bits per heavy atom. The summed E-state index contributed by atoms with van der Waals surface area (Å²) in [7, 11) is 0. The number of phenols is 1. The van der Waals surface area contributed by atoms with Crippen LogP contribution in [0.5, 0.6) is 5.75 Å². The number of aliphatic hydroxyl groups is 1. The Kier molecular flexibility index (Phi) is 2.48. The van der Waals surface area contributed by atoms with Crippen LogP contribution in [-0.4, -0.2) is 15.1 Å². The van der Waals surface area contributed by atoms with Crippen LogP contribution >= 0.6 is 0 Å². The van der Waals surface area contributed by atoms with E-state index in [1.807, 2.05) is 0 Å². The Balaban J connectivity index is 3.26. The van der Waals surface area contributed by atoms with Crippen molar-refractivity contribution in [3.63, 3.8) is 0 Å².